The quantitative estimate of drug-likeness (QED) is 0.750. The molecule has 1 aliphatic heterocycles. The van der Waals surface area contributed by atoms with E-state index >= 15 is 0 Å². The minimum absolute atomic E-state index is 0.253. The Balaban J connectivity index is 1.81. The lowest BCUT2D eigenvalue weighted by Crippen LogP contribution is -2.43. The van der Waals surface area contributed by atoms with E-state index in [9.17, 15) is 4.79 Å². The van der Waals surface area contributed by atoms with Crippen molar-refractivity contribution in [2.24, 2.45) is 0 Å². The van der Waals surface area contributed by atoms with Crippen LogP contribution in [0.3, 0.4) is 0 Å². The Morgan fingerprint density at radius 3 is 2.96 bits per heavy atom. The molecule has 0 spiro atoms. The number of aromatic nitrogens is 4. The molecule has 0 aliphatic carbocycles. The summed E-state index contributed by atoms with van der Waals surface area (Å²) in [6.07, 6.45) is 0.980. The molecule has 8 nitrogen and oxygen atoms in total. The predicted molar refractivity (Wildman–Crippen MR) is 87.1 cm³/mol. The van der Waals surface area contributed by atoms with Crippen LogP contribution in [0.2, 0.25) is 0 Å². The van der Waals surface area contributed by atoms with Crippen LogP contribution in [0.4, 0.5) is 5.95 Å². The molecule has 1 aromatic carbocycles. The number of benzene rings is 1. The number of ether oxygens (including phenoxy) is 1. The van der Waals surface area contributed by atoms with Crippen molar-refractivity contribution in [3.8, 4) is 11.8 Å². The van der Waals surface area contributed by atoms with Crippen molar-refractivity contribution in [3.63, 3.8) is 0 Å². The van der Waals surface area contributed by atoms with E-state index < -0.39 is 6.10 Å². The molecule has 1 N–H and O–H groups in total. The second-order valence-electron chi connectivity index (χ2n) is 5.45. The monoisotopic (exact) mass is 322 g/mol. The number of nitriles is 1. The molecule has 0 amide bonds. The summed E-state index contributed by atoms with van der Waals surface area (Å²) in [7, 11) is 0. The van der Waals surface area contributed by atoms with E-state index in [0.717, 1.165) is 5.69 Å². The second kappa shape index (κ2) is 5.79. The summed E-state index contributed by atoms with van der Waals surface area (Å²) in [4.78, 5) is 21.6. The first kappa shape index (κ1) is 14.4. The molecule has 0 saturated carbocycles. The third kappa shape index (κ3) is 2.41. The highest BCUT2D eigenvalue weighted by Gasteiger charge is 2.23. The molecule has 0 bridgehead atoms. The highest BCUT2D eigenvalue weighted by Crippen LogP contribution is 2.17. The second-order valence-corrected chi connectivity index (χ2v) is 5.45. The Labute approximate surface area is 136 Å². The molecule has 3 aromatic rings. The van der Waals surface area contributed by atoms with Gasteiger partial charge in [-0.2, -0.15) is 15.3 Å². The Hall–Kier alpha value is -3.18. The van der Waals surface area contributed by atoms with Crippen LogP contribution in [0.15, 0.2) is 41.3 Å². The Morgan fingerprint density at radius 1 is 1.33 bits per heavy atom. The first-order valence-electron chi connectivity index (χ1n) is 7.56. The zero-order valence-corrected chi connectivity index (χ0v) is 12.7. The summed E-state index contributed by atoms with van der Waals surface area (Å²) in [6, 6.07) is 11.6. The summed E-state index contributed by atoms with van der Waals surface area (Å²) in [6.45, 7) is 1.34. The predicted octanol–water partition coefficient (Wildman–Crippen LogP) is 0.838. The minimum Gasteiger partial charge on any atom is -0.360 e. The molecule has 2 aromatic heterocycles. The van der Waals surface area contributed by atoms with Crippen LogP contribution in [0, 0.1) is 11.3 Å². The number of nitrogens with zero attached hydrogens (tertiary/aromatic N) is 5. The fraction of sp³-hybridized carbons (Fsp3) is 0.250. The van der Waals surface area contributed by atoms with Crippen LogP contribution in [-0.2, 0) is 4.74 Å². The molecular formula is C16H14N6O2. The van der Waals surface area contributed by atoms with Crippen molar-refractivity contribution in [3.05, 3.63) is 46.9 Å². The van der Waals surface area contributed by atoms with Gasteiger partial charge in [-0.05, 0) is 12.1 Å². The molecule has 1 atom stereocenters. The van der Waals surface area contributed by atoms with Crippen molar-refractivity contribution < 1.29 is 4.74 Å². The first-order valence-corrected chi connectivity index (χ1v) is 7.56. The molecular weight excluding hydrogens is 308 g/mol. The molecule has 3 heterocycles. The number of rotatable bonds is 2. The number of para-hydroxylation sites is 1. The van der Waals surface area contributed by atoms with Gasteiger partial charge in [0.2, 0.25) is 5.95 Å². The largest absolute Gasteiger partial charge is 0.360 e. The van der Waals surface area contributed by atoms with Gasteiger partial charge in [0.25, 0.3) is 5.56 Å². The Bertz CT molecular complexity index is 972. The summed E-state index contributed by atoms with van der Waals surface area (Å²) in [5.74, 6) is 0.425. The van der Waals surface area contributed by atoms with Gasteiger partial charge in [0, 0.05) is 6.54 Å². The topological polar surface area (TPSA) is 99.8 Å². The van der Waals surface area contributed by atoms with Crippen LogP contribution >= 0.6 is 0 Å². The zero-order chi connectivity index (χ0) is 16.5. The maximum atomic E-state index is 12.4. The molecule has 1 unspecified atom stereocenters. The van der Waals surface area contributed by atoms with E-state index in [-0.39, 0.29) is 5.56 Å². The van der Waals surface area contributed by atoms with Crippen molar-refractivity contribution >= 4 is 17.0 Å². The SMILES string of the molecule is N#CC1CN(c2nc3c(cnn3-c3ccccc3)c(=O)[nH]2)CCO1. The number of fused-ring (bicyclic) bond motifs is 1. The lowest BCUT2D eigenvalue weighted by molar-refractivity contribution is 0.0758. The third-order valence-electron chi connectivity index (χ3n) is 3.94. The zero-order valence-electron chi connectivity index (χ0n) is 12.7. The van der Waals surface area contributed by atoms with Gasteiger partial charge in [0.1, 0.15) is 5.39 Å². The summed E-state index contributed by atoms with van der Waals surface area (Å²) >= 11 is 0. The van der Waals surface area contributed by atoms with Gasteiger partial charge in [-0.15, -0.1) is 0 Å². The number of morpholine rings is 1. The fourth-order valence-corrected chi connectivity index (χ4v) is 2.73. The Morgan fingerprint density at radius 2 is 2.17 bits per heavy atom. The number of nitrogens with one attached hydrogen (secondary N) is 1. The molecule has 24 heavy (non-hydrogen) atoms. The average Bonchev–Trinajstić information content (AvgIpc) is 3.07. The first-order chi connectivity index (χ1) is 11.8. The van der Waals surface area contributed by atoms with Crippen LogP contribution in [0.25, 0.3) is 16.7 Å². The summed E-state index contributed by atoms with van der Waals surface area (Å²) < 4.78 is 6.97. The van der Waals surface area contributed by atoms with Crippen LogP contribution < -0.4 is 10.5 Å². The highest BCUT2D eigenvalue weighted by atomic mass is 16.5. The smallest absolute Gasteiger partial charge is 0.263 e. The number of H-pyrrole nitrogens is 1. The van der Waals surface area contributed by atoms with E-state index in [4.69, 9.17) is 10.00 Å². The Kier molecular flexibility index (Phi) is 3.48. The van der Waals surface area contributed by atoms with Gasteiger partial charge in [-0.25, -0.2) is 4.68 Å². The lowest BCUT2D eigenvalue weighted by Gasteiger charge is -2.29. The molecule has 1 saturated heterocycles. The van der Waals surface area contributed by atoms with Gasteiger partial charge in [0.15, 0.2) is 11.8 Å². The van der Waals surface area contributed by atoms with Crippen molar-refractivity contribution in [2.75, 3.05) is 24.6 Å². The number of hydrogen-bond donors (Lipinski definition) is 1. The van der Waals surface area contributed by atoms with Gasteiger partial charge in [-0.1, -0.05) is 18.2 Å². The molecule has 4 rings (SSSR count). The van der Waals surface area contributed by atoms with Gasteiger partial charge in [-0.3, -0.25) is 9.78 Å². The molecule has 8 heteroatoms. The van der Waals surface area contributed by atoms with E-state index in [2.05, 4.69) is 21.1 Å². The van der Waals surface area contributed by atoms with Crippen molar-refractivity contribution in [1.29, 1.82) is 5.26 Å². The summed E-state index contributed by atoms with van der Waals surface area (Å²) in [5.41, 5.74) is 1.06. The standard InChI is InChI=1S/C16H14N6O2/c17-8-12-10-21(6-7-24-12)16-19-14-13(15(23)20-16)9-18-22(14)11-4-2-1-3-5-11/h1-5,9,12H,6-7,10H2,(H,19,20,23). The maximum Gasteiger partial charge on any atom is 0.263 e. The maximum absolute atomic E-state index is 12.4. The van der Waals surface area contributed by atoms with E-state index in [1.165, 1.54) is 6.20 Å². The molecule has 1 aliphatic rings. The van der Waals surface area contributed by atoms with Crippen LogP contribution in [0.5, 0.6) is 0 Å². The van der Waals surface area contributed by atoms with Crippen molar-refractivity contribution in [1.82, 2.24) is 19.7 Å². The van der Waals surface area contributed by atoms with E-state index in [1.54, 1.807) is 4.68 Å². The average molecular weight is 322 g/mol. The minimum atomic E-state index is -0.529. The van der Waals surface area contributed by atoms with Gasteiger partial charge < -0.3 is 9.64 Å². The van der Waals surface area contributed by atoms with Crippen LogP contribution in [0.1, 0.15) is 0 Å². The van der Waals surface area contributed by atoms with Gasteiger partial charge >= 0.3 is 0 Å². The fourth-order valence-electron chi connectivity index (χ4n) is 2.73. The van der Waals surface area contributed by atoms with Crippen molar-refractivity contribution in [2.45, 2.75) is 6.10 Å². The van der Waals surface area contributed by atoms with Crippen LogP contribution in [-0.4, -0.2) is 45.5 Å². The molecule has 0 radical (unpaired) electrons. The third-order valence-corrected chi connectivity index (χ3v) is 3.94. The van der Waals surface area contributed by atoms with E-state index in [1.807, 2.05) is 35.2 Å². The van der Waals surface area contributed by atoms with Gasteiger partial charge in [0.05, 0.1) is 31.1 Å². The molecule has 120 valence electrons. The lowest BCUT2D eigenvalue weighted by atomic mass is 10.3. The number of aromatic amines is 1. The summed E-state index contributed by atoms with van der Waals surface area (Å²) in [5, 5.41) is 13.7. The number of hydrogen-bond acceptors (Lipinski definition) is 6. The number of anilines is 1. The van der Waals surface area contributed by atoms with E-state index in [0.29, 0.717) is 36.7 Å². The highest BCUT2D eigenvalue weighted by molar-refractivity contribution is 5.76. The molecule has 1 fully saturated rings. The normalized spacial score (nSPS) is 17.8.